The van der Waals surface area contributed by atoms with Gasteiger partial charge in [0.2, 0.25) is 5.91 Å². The van der Waals surface area contributed by atoms with Crippen LogP contribution >= 0.6 is 0 Å². The molecule has 1 saturated heterocycles. The minimum absolute atomic E-state index is 0.0499. The summed E-state index contributed by atoms with van der Waals surface area (Å²) in [6, 6.07) is 9.18. The molecule has 1 fully saturated rings. The molecule has 1 aromatic carbocycles. The molecule has 0 aliphatic carbocycles. The van der Waals surface area contributed by atoms with Gasteiger partial charge in [0.25, 0.3) is 0 Å². The van der Waals surface area contributed by atoms with Crippen molar-refractivity contribution >= 4 is 28.3 Å². The molecule has 0 spiro atoms. The maximum atomic E-state index is 11.9. The maximum Gasteiger partial charge on any atom is 0.245 e. The highest BCUT2D eigenvalue weighted by Gasteiger charge is 2.24. The van der Waals surface area contributed by atoms with Gasteiger partial charge in [0.05, 0.1) is 37.9 Å². The first-order valence-corrected chi connectivity index (χ1v) is 11.9. The fraction of sp³-hybridized carbons (Fsp3) is 0.259. The number of nitrogens with one attached hydrogen (secondary N) is 1. The van der Waals surface area contributed by atoms with E-state index in [1.54, 1.807) is 49.9 Å². The number of amides is 1. The van der Waals surface area contributed by atoms with Crippen molar-refractivity contribution < 1.29 is 23.4 Å². The topological polar surface area (TPSA) is 112 Å². The van der Waals surface area contributed by atoms with Crippen molar-refractivity contribution in [3.05, 3.63) is 61.6 Å². The predicted octanol–water partition coefficient (Wildman–Crippen LogP) is 4.60. The molecule has 10 nitrogen and oxygen atoms in total. The number of nitrogens with zero attached hydrogens (tertiary/aromatic N) is 4. The lowest BCUT2D eigenvalue weighted by atomic mass is 10.1. The lowest BCUT2D eigenvalue weighted by Crippen LogP contribution is -2.41. The quantitative estimate of drug-likeness (QED) is 0.346. The van der Waals surface area contributed by atoms with Gasteiger partial charge in [0, 0.05) is 43.6 Å². The van der Waals surface area contributed by atoms with E-state index in [0.717, 1.165) is 16.6 Å². The van der Waals surface area contributed by atoms with E-state index in [1.165, 1.54) is 6.08 Å². The minimum Gasteiger partial charge on any atom is -0.493 e. The number of carbonyl (C=O) groups excluding carboxylic acids is 1. The van der Waals surface area contributed by atoms with Crippen LogP contribution in [-0.4, -0.2) is 59.2 Å². The zero-order chi connectivity index (χ0) is 25.8. The van der Waals surface area contributed by atoms with Gasteiger partial charge in [-0.2, -0.15) is 0 Å². The largest absolute Gasteiger partial charge is 0.493 e. The van der Waals surface area contributed by atoms with Crippen molar-refractivity contribution in [3.63, 3.8) is 0 Å². The first kappa shape index (κ1) is 24.1. The van der Waals surface area contributed by atoms with Crippen LogP contribution in [0.3, 0.4) is 0 Å². The molecular weight excluding hydrogens is 474 g/mol. The number of carbonyl (C=O) groups is 1. The third-order valence-electron chi connectivity index (χ3n) is 6.22. The van der Waals surface area contributed by atoms with E-state index < -0.39 is 0 Å². The lowest BCUT2D eigenvalue weighted by molar-refractivity contribution is -0.127. The molecule has 1 amide bonds. The Labute approximate surface area is 213 Å². The molecule has 37 heavy (non-hydrogen) atoms. The first-order valence-electron chi connectivity index (χ1n) is 11.9. The third kappa shape index (κ3) is 5.04. The van der Waals surface area contributed by atoms with Gasteiger partial charge in [-0.1, -0.05) is 6.58 Å². The summed E-state index contributed by atoms with van der Waals surface area (Å²) >= 11 is 0. The molecule has 0 atom stereocenters. The fourth-order valence-corrected chi connectivity index (χ4v) is 4.28. The molecule has 0 radical (unpaired) electrons. The lowest BCUT2D eigenvalue weighted by Gasteiger charge is -2.31. The Morgan fingerprint density at radius 2 is 1.95 bits per heavy atom. The number of furan rings is 1. The molecule has 4 heterocycles. The number of hydrogen-bond donors (Lipinski definition) is 1. The summed E-state index contributed by atoms with van der Waals surface area (Å²) in [5.41, 5.74) is 1.48. The van der Waals surface area contributed by atoms with Crippen LogP contribution in [0.2, 0.25) is 0 Å². The van der Waals surface area contributed by atoms with Crippen LogP contribution in [0.1, 0.15) is 12.8 Å². The summed E-state index contributed by atoms with van der Waals surface area (Å²) in [5, 5.41) is 4.17. The van der Waals surface area contributed by atoms with E-state index >= 15 is 0 Å². The van der Waals surface area contributed by atoms with Crippen LogP contribution in [-0.2, 0) is 4.79 Å². The molecule has 5 rings (SSSR count). The summed E-state index contributed by atoms with van der Waals surface area (Å²) in [6.45, 7) is 4.80. The van der Waals surface area contributed by atoms with Crippen molar-refractivity contribution in [1.82, 2.24) is 19.9 Å². The Morgan fingerprint density at radius 1 is 1.14 bits per heavy atom. The Hall–Kier alpha value is -4.60. The number of benzene rings is 1. The minimum atomic E-state index is -0.0566. The number of methoxy groups -OCH3 is 2. The van der Waals surface area contributed by atoms with E-state index in [-0.39, 0.29) is 12.0 Å². The number of pyridine rings is 1. The van der Waals surface area contributed by atoms with Gasteiger partial charge in [0.1, 0.15) is 6.10 Å². The summed E-state index contributed by atoms with van der Waals surface area (Å²) in [7, 11) is 3.16. The maximum absolute atomic E-state index is 11.9. The molecule has 1 N–H and O–H groups in total. The number of hydrogen-bond acceptors (Lipinski definition) is 9. The van der Waals surface area contributed by atoms with Crippen molar-refractivity contribution in [2.24, 2.45) is 0 Å². The normalized spacial score (nSPS) is 13.8. The second-order valence-electron chi connectivity index (χ2n) is 8.44. The van der Waals surface area contributed by atoms with Gasteiger partial charge in [0.15, 0.2) is 34.7 Å². The average Bonchev–Trinajstić information content (AvgIpc) is 3.48. The van der Waals surface area contributed by atoms with Crippen molar-refractivity contribution in [1.29, 1.82) is 0 Å². The second-order valence-corrected chi connectivity index (χ2v) is 8.44. The Kier molecular flexibility index (Phi) is 6.89. The zero-order valence-corrected chi connectivity index (χ0v) is 20.6. The van der Waals surface area contributed by atoms with Crippen LogP contribution in [0.15, 0.2) is 66.1 Å². The molecule has 0 unspecified atom stereocenters. The van der Waals surface area contributed by atoms with Crippen LogP contribution in [0.5, 0.6) is 17.2 Å². The molecular formula is C27H27N5O5. The molecule has 0 saturated carbocycles. The summed E-state index contributed by atoms with van der Waals surface area (Å²) in [6.07, 6.45) is 7.60. The number of aromatic nitrogens is 3. The SMILES string of the molecule is C=CC(=O)N1CCC(Oc2cc3c(Nc4nc(-c5ccco5)ncc4OC)ccnc3cc2OC)CC1. The van der Waals surface area contributed by atoms with Gasteiger partial charge in [-0.05, 0) is 30.3 Å². The molecule has 190 valence electrons. The van der Waals surface area contributed by atoms with E-state index in [4.69, 9.17) is 18.6 Å². The van der Waals surface area contributed by atoms with Gasteiger partial charge in [-0.3, -0.25) is 9.78 Å². The van der Waals surface area contributed by atoms with Crippen LogP contribution < -0.4 is 19.5 Å². The number of fused-ring (bicyclic) bond motifs is 1. The smallest absolute Gasteiger partial charge is 0.245 e. The summed E-state index contributed by atoms with van der Waals surface area (Å²) < 4.78 is 22.9. The van der Waals surface area contributed by atoms with Gasteiger partial charge < -0.3 is 28.8 Å². The number of ether oxygens (including phenoxy) is 3. The number of likely N-dealkylation sites (tertiary alicyclic amines) is 1. The second kappa shape index (κ2) is 10.6. The summed E-state index contributed by atoms with van der Waals surface area (Å²) in [5.74, 6) is 3.07. The fourth-order valence-electron chi connectivity index (χ4n) is 4.28. The van der Waals surface area contributed by atoms with Gasteiger partial charge >= 0.3 is 0 Å². The Bertz CT molecular complexity index is 1410. The van der Waals surface area contributed by atoms with Gasteiger partial charge in [-0.25, -0.2) is 9.97 Å². The molecule has 1 aliphatic heterocycles. The number of anilines is 2. The van der Waals surface area contributed by atoms with Gasteiger partial charge in [-0.15, -0.1) is 0 Å². The Balaban J connectivity index is 1.45. The highest BCUT2D eigenvalue weighted by molar-refractivity contribution is 5.95. The number of rotatable bonds is 8. The molecule has 1 aliphatic rings. The first-order chi connectivity index (χ1) is 18.1. The third-order valence-corrected chi connectivity index (χ3v) is 6.22. The standard InChI is InChI=1S/C27H27N5O5/c1-4-25(33)32-11-8-17(9-12-32)37-23-14-18-19(7-10-28-20(18)15-22(23)34-2)30-27-24(35-3)16-29-26(31-27)21-6-5-13-36-21/h4-7,10,13-17H,1,8-9,11-12H2,2-3H3,(H,28,29,30,31). The molecule has 10 heteroatoms. The van der Waals surface area contributed by atoms with Crippen LogP contribution in [0.25, 0.3) is 22.5 Å². The molecule has 3 aromatic heterocycles. The monoisotopic (exact) mass is 501 g/mol. The van der Waals surface area contributed by atoms with Crippen LogP contribution in [0.4, 0.5) is 11.5 Å². The van der Waals surface area contributed by atoms with Crippen LogP contribution in [0, 0.1) is 0 Å². The predicted molar refractivity (Wildman–Crippen MR) is 138 cm³/mol. The zero-order valence-electron chi connectivity index (χ0n) is 20.6. The highest BCUT2D eigenvalue weighted by atomic mass is 16.5. The van der Waals surface area contributed by atoms with E-state index in [9.17, 15) is 4.79 Å². The number of piperidine rings is 1. The highest BCUT2D eigenvalue weighted by Crippen LogP contribution is 2.38. The summed E-state index contributed by atoms with van der Waals surface area (Å²) in [4.78, 5) is 27.1. The van der Waals surface area contributed by atoms with E-state index in [1.807, 2.05) is 18.2 Å². The molecule has 4 aromatic rings. The van der Waals surface area contributed by atoms with Crippen molar-refractivity contribution in [3.8, 4) is 28.8 Å². The molecule has 0 bridgehead atoms. The van der Waals surface area contributed by atoms with Crippen molar-refractivity contribution in [2.75, 3.05) is 32.6 Å². The van der Waals surface area contributed by atoms with E-state index in [0.29, 0.717) is 60.6 Å². The van der Waals surface area contributed by atoms with Crippen molar-refractivity contribution in [2.45, 2.75) is 18.9 Å². The Morgan fingerprint density at radius 3 is 2.65 bits per heavy atom. The van der Waals surface area contributed by atoms with E-state index in [2.05, 4.69) is 26.8 Å². The average molecular weight is 502 g/mol.